The van der Waals surface area contributed by atoms with E-state index in [9.17, 15) is 13.2 Å². The normalized spacial score (nSPS) is 11.2. The van der Waals surface area contributed by atoms with Gasteiger partial charge in [0.2, 0.25) is 15.9 Å². The third kappa shape index (κ3) is 6.35. The summed E-state index contributed by atoms with van der Waals surface area (Å²) in [7, 11) is -2.12. The maximum Gasteiger partial charge on any atom is 0.241 e. The minimum absolute atomic E-state index is 0.133. The molecule has 0 bridgehead atoms. The highest BCUT2D eigenvalue weighted by Crippen LogP contribution is 2.21. The average Bonchev–Trinajstić information content (AvgIpc) is 2.62. The number of rotatable bonds is 9. The Morgan fingerprint density at radius 3 is 2.41 bits per heavy atom. The molecule has 146 valence electrons. The van der Waals surface area contributed by atoms with Crippen molar-refractivity contribution in [3.63, 3.8) is 0 Å². The lowest BCUT2D eigenvalue weighted by molar-refractivity contribution is -0.114. The van der Waals surface area contributed by atoms with Crippen molar-refractivity contribution in [1.29, 1.82) is 0 Å². The fourth-order valence-corrected chi connectivity index (χ4v) is 3.66. The largest absolute Gasteiger partial charge is 0.491 e. The van der Waals surface area contributed by atoms with Crippen LogP contribution in [-0.2, 0) is 26.1 Å². The van der Waals surface area contributed by atoms with Crippen LogP contribution in [0.1, 0.15) is 18.1 Å². The topological polar surface area (TPSA) is 93.7 Å². The van der Waals surface area contributed by atoms with Crippen LogP contribution in [-0.4, -0.2) is 34.6 Å². The van der Waals surface area contributed by atoms with E-state index in [1.54, 1.807) is 50.4 Å². The molecule has 0 heterocycles. The second-order valence-electron chi connectivity index (χ2n) is 5.97. The van der Waals surface area contributed by atoms with E-state index < -0.39 is 10.0 Å². The molecule has 1 amide bonds. The maximum absolute atomic E-state index is 12.6. The molecular weight excluding hydrogens is 368 g/mol. The van der Waals surface area contributed by atoms with Crippen LogP contribution >= 0.6 is 0 Å². The first-order valence-corrected chi connectivity index (χ1v) is 9.89. The van der Waals surface area contributed by atoms with Crippen LogP contribution in [0.25, 0.3) is 0 Å². The summed E-state index contributed by atoms with van der Waals surface area (Å²) in [6.45, 7) is 4.17. The number of benzene rings is 2. The van der Waals surface area contributed by atoms with Crippen molar-refractivity contribution in [2.45, 2.75) is 25.3 Å². The van der Waals surface area contributed by atoms with Gasteiger partial charge in [-0.15, -0.1) is 0 Å². The molecule has 0 atom stereocenters. The van der Waals surface area contributed by atoms with Crippen molar-refractivity contribution in [2.75, 3.05) is 25.6 Å². The SMILES string of the molecule is COCCOc1ccc(CNS(=O)(=O)c2cc(NC(C)=O)ccc2C)cc1. The molecule has 0 saturated heterocycles. The van der Waals surface area contributed by atoms with Gasteiger partial charge >= 0.3 is 0 Å². The van der Waals surface area contributed by atoms with Crippen LogP contribution in [0, 0.1) is 6.92 Å². The van der Waals surface area contributed by atoms with E-state index >= 15 is 0 Å². The lowest BCUT2D eigenvalue weighted by Gasteiger charge is -2.12. The molecule has 0 aromatic heterocycles. The number of ether oxygens (including phenoxy) is 2. The summed E-state index contributed by atoms with van der Waals surface area (Å²) >= 11 is 0. The number of carbonyl (C=O) groups excluding carboxylic acids is 1. The standard InChI is InChI=1S/C19H24N2O5S/c1-14-4-7-17(21-15(2)22)12-19(14)27(23,24)20-13-16-5-8-18(9-6-16)26-11-10-25-3/h4-9,12,20H,10-11,13H2,1-3H3,(H,21,22). The van der Waals surface area contributed by atoms with Gasteiger partial charge in [0.1, 0.15) is 12.4 Å². The molecule has 0 fully saturated rings. The van der Waals surface area contributed by atoms with Crippen LogP contribution < -0.4 is 14.8 Å². The molecule has 0 saturated carbocycles. The third-order valence-corrected chi connectivity index (χ3v) is 5.29. The van der Waals surface area contributed by atoms with Crippen LogP contribution in [0.3, 0.4) is 0 Å². The fourth-order valence-electron chi connectivity index (χ4n) is 2.37. The lowest BCUT2D eigenvalue weighted by atomic mass is 10.2. The van der Waals surface area contributed by atoms with E-state index in [2.05, 4.69) is 10.0 Å². The number of carbonyl (C=O) groups is 1. The highest BCUT2D eigenvalue weighted by atomic mass is 32.2. The Morgan fingerprint density at radius 2 is 1.78 bits per heavy atom. The Hall–Kier alpha value is -2.42. The number of nitrogens with one attached hydrogen (secondary N) is 2. The summed E-state index contributed by atoms with van der Waals surface area (Å²) in [4.78, 5) is 11.3. The number of amides is 1. The predicted molar refractivity (Wildman–Crippen MR) is 103 cm³/mol. The van der Waals surface area contributed by atoms with Crippen molar-refractivity contribution in [3.8, 4) is 5.75 Å². The number of hydrogen-bond donors (Lipinski definition) is 2. The Bertz CT molecular complexity index is 879. The van der Waals surface area contributed by atoms with Gasteiger partial charge in [-0.25, -0.2) is 13.1 Å². The van der Waals surface area contributed by atoms with Gasteiger partial charge in [-0.3, -0.25) is 4.79 Å². The van der Waals surface area contributed by atoms with Crippen LogP contribution in [0.2, 0.25) is 0 Å². The second kappa shape index (κ2) is 9.50. The molecule has 0 aliphatic rings. The Balaban J connectivity index is 2.05. The number of anilines is 1. The van der Waals surface area contributed by atoms with Gasteiger partial charge in [0.05, 0.1) is 11.5 Å². The van der Waals surface area contributed by atoms with E-state index in [1.165, 1.54) is 13.0 Å². The monoisotopic (exact) mass is 392 g/mol. The third-order valence-electron chi connectivity index (χ3n) is 3.74. The molecule has 2 aromatic rings. The highest BCUT2D eigenvalue weighted by molar-refractivity contribution is 7.89. The summed E-state index contributed by atoms with van der Waals surface area (Å²) in [5, 5.41) is 2.59. The average molecular weight is 392 g/mol. The molecule has 2 rings (SSSR count). The van der Waals surface area contributed by atoms with Crippen molar-refractivity contribution < 1.29 is 22.7 Å². The zero-order chi connectivity index (χ0) is 19.9. The number of aryl methyl sites for hydroxylation is 1. The van der Waals surface area contributed by atoms with Crippen molar-refractivity contribution >= 4 is 21.6 Å². The molecule has 0 aliphatic heterocycles. The van der Waals surface area contributed by atoms with Crippen molar-refractivity contribution in [3.05, 3.63) is 53.6 Å². The first-order valence-electron chi connectivity index (χ1n) is 8.40. The minimum Gasteiger partial charge on any atom is -0.491 e. The van der Waals surface area contributed by atoms with E-state index in [0.29, 0.717) is 30.2 Å². The summed E-state index contributed by atoms with van der Waals surface area (Å²) in [5.74, 6) is 0.431. The zero-order valence-corrected chi connectivity index (χ0v) is 16.4. The highest BCUT2D eigenvalue weighted by Gasteiger charge is 2.17. The first-order chi connectivity index (χ1) is 12.8. The summed E-state index contributed by atoms with van der Waals surface area (Å²) in [6, 6.07) is 11.9. The number of sulfonamides is 1. The van der Waals surface area contributed by atoms with Gasteiger partial charge in [0, 0.05) is 26.3 Å². The smallest absolute Gasteiger partial charge is 0.241 e. The van der Waals surface area contributed by atoms with Gasteiger partial charge < -0.3 is 14.8 Å². The van der Waals surface area contributed by atoms with Crippen molar-refractivity contribution in [1.82, 2.24) is 4.72 Å². The molecule has 0 unspecified atom stereocenters. The van der Waals surface area contributed by atoms with Crippen LogP contribution in [0.15, 0.2) is 47.4 Å². The van der Waals surface area contributed by atoms with Gasteiger partial charge in [-0.1, -0.05) is 18.2 Å². The van der Waals surface area contributed by atoms with E-state index in [1.807, 2.05) is 0 Å². The molecule has 0 aliphatic carbocycles. The minimum atomic E-state index is -3.72. The lowest BCUT2D eigenvalue weighted by Crippen LogP contribution is -2.24. The molecule has 0 radical (unpaired) electrons. The van der Waals surface area contributed by atoms with Crippen molar-refractivity contribution in [2.24, 2.45) is 0 Å². The van der Waals surface area contributed by atoms with Crippen LogP contribution in [0.4, 0.5) is 5.69 Å². The molecule has 2 aromatic carbocycles. The van der Waals surface area contributed by atoms with Gasteiger partial charge in [-0.2, -0.15) is 0 Å². The van der Waals surface area contributed by atoms with Gasteiger partial charge in [0.15, 0.2) is 0 Å². The molecule has 2 N–H and O–H groups in total. The Labute approximate surface area is 159 Å². The first kappa shape index (κ1) is 20.9. The summed E-state index contributed by atoms with van der Waals surface area (Å²) < 4.78 is 38.3. The summed E-state index contributed by atoms with van der Waals surface area (Å²) in [6.07, 6.45) is 0. The molecular formula is C19H24N2O5S. The number of hydrogen-bond acceptors (Lipinski definition) is 5. The maximum atomic E-state index is 12.6. The van der Waals surface area contributed by atoms with Gasteiger partial charge in [0.25, 0.3) is 0 Å². The predicted octanol–water partition coefficient (Wildman–Crippen LogP) is 2.46. The molecule has 27 heavy (non-hydrogen) atoms. The Kier molecular flexibility index (Phi) is 7.35. The number of methoxy groups -OCH3 is 1. The quantitative estimate of drug-likeness (QED) is 0.640. The fraction of sp³-hybridized carbons (Fsp3) is 0.316. The Morgan fingerprint density at radius 1 is 1.07 bits per heavy atom. The van der Waals surface area contributed by atoms with Gasteiger partial charge in [-0.05, 0) is 42.3 Å². The van der Waals surface area contributed by atoms with E-state index in [-0.39, 0.29) is 17.3 Å². The zero-order valence-electron chi connectivity index (χ0n) is 15.6. The van der Waals surface area contributed by atoms with E-state index in [4.69, 9.17) is 9.47 Å². The molecule has 0 spiro atoms. The molecule has 8 heteroatoms. The summed E-state index contributed by atoms with van der Waals surface area (Å²) in [5.41, 5.74) is 1.83. The van der Waals surface area contributed by atoms with E-state index in [0.717, 1.165) is 5.56 Å². The van der Waals surface area contributed by atoms with Crippen LogP contribution in [0.5, 0.6) is 5.75 Å². The molecule has 7 nitrogen and oxygen atoms in total. The second-order valence-corrected chi connectivity index (χ2v) is 7.71.